The summed E-state index contributed by atoms with van der Waals surface area (Å²) in [5.41, 5.74) is -0.152. The van der Waals surface area contributed by atoms with E-state index in [1.807, 2.05) is 0 Å². The third-order valence-corrected chi connectivity index (χ3v) is 3.38. The Balaban J connectivity index is 2.53. The fraction of sp³-hybridized carbons (Fsp3) is 0.250. The van der Waals surface area contributed by atoms with Crippen molar-refractivity contribution in [3.05, 3.63) is 40.2 Å². The van der Waals surface area contributed by atoms with Crippen LogP contribution in [0.5, 0.6) is 28.9 Å². The molecule has 0 aliphatic carbocycles. The molecule has 0 saturated heterocycles. The minimum absolute atomic E-state index is 0.0666. The van der Waals surface area contributed by atoms with Gasteiger partial charge in [0.05, 0.1) is 27.9 Å². The number of benzene rings is 1. The van der Waals surface area contributed by atoms with Crippen molar-refractivity contribution in [1.82, 2.24) is 4.57 Å². The van der Waals surface area contributed by atoms with Gasteiger partial charge in [-0.1, -0.05) is 12.1 Å². The Hall–Kier alpha value is -3.36. The van der Waals surface area contributed by atoms with Gasteiger partial charge in [-0.05, 0) is 17.7 Å². The number of carbonyl (C=O) groups is 1. The molecule has 25 heavy (non-hydrogen) atoms. The lowest BCUT2D eigenvalue weighted by Gasteiger charge is -2.15. The minimum atomic E-state index is -1.18. The first-order chi connectivity index (χ1) is 11.9. The molecule has 0 spiro atoms. The molecule has 9 nitrogen and oxygen atoms in total. The molecule has 0 saturated carbocycles. The average molecular weight is 351 g/mol. The van der Waals surface area contributed by atoms with E-state index >= 15 is 0 Å². The number of carbonyl (C=O) groups excluding carboxylic acids is 1. The molecular weight excluding hydrogens is 334 g/mol. The van der Waals surface area contributed by atoms with E-state index in [0.29, 0.717) is 11.3 Å². The van der Waals surface area contributed by atoms with E-state index in [-0.39, 0.29) is 6.54 Å². The molecule has 1 aromatic carbocycles. The highest BCUT2D eigenvalue weighted by atomic mass is 16.7. The van der Waals surface area contributed by atoms with Gasteiger partial charge in [-0.2, -0.15) is 0 Å². The van der Waals surface area contributed by atoms with Crippen molar-refractivity contribution in [3.8, 4) is 28.9 Å². The summed E-state index contributed by atoms with van der Waals surface area (Å²) in [6.45, 7) is -0.0666. The summed E-state index contributed by atoms with van der Waals surface area (Å²) in [7, 11) is 3.74. The monoisotopic (exact) mass is 351 g/mol. The number of hydrogen-bond acceptors (Lipinski definition) is 8. The lowest BCUT2D eigenvalue weighted by atomic mass is 10.2. The van der Waals surface area contributed by atoms with Crippen LogP contribution in [0.1, 0.15) is 5.56 Å². The maximum absolute atomic E-state index is 12.4. The lowest BCUT2D eigenvalue weighted by molar-refractivity contribution is 0.117. The van der Waals surface area contributed by atoms with E-state index in [1.54, 1.807) is 24.3 Å². The van der Waals surface area contributed by atoms with Crippen LogP contribution in [0.15, 0.2) is 29.1 Å². The van der Waals surface area contributed by atoms with Crippen LogP contribution in [0.2, 0.25) is 0 Å². The Morgan fingerprint density at radius 2 is 1.68 bits per heavy atom. The predicted octanol–water partition coefficient (Wildman–Crippen LogP) is 1.47. The molecule has 0 bridgehead atoms. The van der Waals surface area contributed by atoms with Gasteiger partial charge in [0.25, 0.3) is 5.56 Å². The zero-order chi connectivity index (χ0) is 18.6. The van der Waals surface area contributed by atoms with Crippen LogP contribution >= 0.6 is 0 Å². The van der Waals surface area contributed by atoms with Gasteiger partial charge in [-0.3, -0.25) is 9.36 Å². The molecule has 0 aliphatic heterocycles. The fourth-order valence-electron chi connectivity index (χ4n) is 2.11. The van der Waals surface area contributed by atoms with Crippen LogP contribution < -0.4 is 19.8 Å². The van der Waals surface area contributed by atoms with E-state index < -0.39 is 34.8 Å². The molecule has 2 aromatic rings. The second-order valence-corrected chi connectivity index (χ2v) is 4.83. The van der Waals surface area contributed by atoms with Crippen LogP contribution in [0.25, 0.3) is 0 Å². The maximum atomic E-state index is 12.4. The highest BCUT2D eigenvalue weighted by Crippen LogP contribution is 2.40. The quantitative estimate of drug-likeness (QED) is 0.778. The first-order valence-corrected chi connectivity index (χ1v) is 7.04. The number of nitrogens with zero attached hydrogens (tertiary/aromatic N) is 1. The van der Waals surface area contributed by atoms with Crippen LogP contribution in [-0.2, 0) is 11.3 Å². The maximum Gasteiger partial charge on any atom is 0.513 e. The van der Waals surface area contributed by atoms with Crippen LogP contribution in [0.3, 0.4) is 0 Å². The standard InChI is InChI=1S/C16H17NO8/c1-22-10-6-4-9(5-7-10)8-17-14(19)12(23-2)11(18)13(15(17)20)25-16(21)24-3/h4-7,18,20H,8H2,1-3H3. The summed E-state index contributed by atoms with van der Waals surface area (Å²) in [6, 6.07) is 6.73. The SMILES string of the molecule is COC(=O)Oc1c(O)c(OC)c(=O)n(Cc2ccc(OC)cc2)c1O. The van der Waals surface area contributed by atoms with E-state index in [1.165, 1.54) is 7.11 Å². The van der Waals surface area contributed by atoms with Crippen molar-refractivity contribution in [2.24, 2.45) is 0 Å². The van der Waals surface area contributed by atoms with Crippen molar-refractivity contribution in [2.75, 3.05) is 21.3 Å². The molecule has 2 rings (SSSR count). The molecule has 0 aliphatic rings. The molecule has 0 fully saturated rings. The van der Waals surface area contributed by atoms with Gasteiger partial charge in [0.1, 0.15) is 5.75 Å². The smallest absolute Gasteiger partial charge is 0.501 e. The number of pyridine rings is 1. The molecule has 1 aromatic heterocycles. The van der Waals surface area contributed by atoms with Gasteiger partial charge in [-0.15, -0.1) is 0 Å². The first kappa shape index (κ1) is 18.0. The van der Waals surface area contributed by atoms with E-state index in [0.717, 1.165) is 18.8 Å². The van der Waals surface area contributed by atoms with Gasteiger partial charge in [-0.25, -0.2) is 4.79 Å². The molecule has 0 unspecified atom stereocenters. The highest BCUT2D eigenvalue weighted by Gasteiger charge is 2.26. The zero-order valence-corrected chi connectivity index (χ0v) is 13.8. The second kappa shape index (κ2) is 7.47. The number of methoxy groups -OCH3 is 3. The Morgan fingerprint density at radius 3 is 2.20 bits per heavy atom. The Bertz CT molecular complexity index is 826. The van der Waals surface area contributed by atoms with Gasteiger partial charge >= 0.3 is 6.16 Å². The third kappa shape index (κ3) is 3.60. The summed E-state index contributed by atoms with van der Waals surface area (Å²) in [5, 5.41) is 20.3. The highest BCUT2D eigenvalue weighted by molar-refractivity contribution is 5.68. The van der Waals surface area contributed by atoms with E-state index in [4.69, 9.17) is 14.2 Å². The predicted molar refractivity (Wildman–Crippen MR) is 85.7 cm³/mol. The second-order valence-electron chi connectivity index (χ2n) is 4.83. The van der Waals surface area contributed by atoms with Crippen LogP contribution in [-0.4, -0.2) is 42.3 Å². The molecule has 134 valence electrons. The van der Waals surface area contributed by atoms with Crippen LogP contribution in [0.4, 0.5) is 4.79 Å². The summed E-state index contributed by atoms with van der Waals surface area (Å²) >= 11 is 0. The Morgan fingerprint density at radius 1 is 1.04 bits per heavy atom. The number of hydrogen-bond donors (Lipinski definition) is 2. The largest absolute Gasteiger partial charge is 0.513 e. The fourth-order valence-corrected chi connectivity index (χ4v) is 2.11. The normalized spacial score (nSPS) is 10.2. The summed E-state index contributed by atoms with van der Waals surface area (Å²) < 4.78 is 19.8. The van der Waals surface area contributed by atoms with Crippen molar-refractivity contribution < 1.29 is 34.0 Å². The summed E-state index contributed by atoms with van der Waals surface area (Å²) in [5.74, 6) is -2.05. The molecular formula is C16H17NO8. The Labute approximate surface area is 142 Å². The number of aromatic hydroxyl groups is 2. The minimum Gasteiger partial charge on any atom is -0.501 e. The van der Waals surface area contributed by atoms with Crippen molar-refractivity contribution in [1.29, 1.82) is 0 Å². The molecule has 2 N–H and O–H groups in total. The molecule has 9 heteroatoms. The van der Waals surface area contributed by atoms with Crippen molar-refractivity contribution in [3.63, 3.8) is 0 Å². The summed E-state index contributed by atoms with van der Waals surface area (Å²) in [4.78, 5) is 23.7. The van der Waals surface area contributed by atoms with Gasteiger partial charge in [0.15, 0.2) is 0 Å². The summed E-state index contributed by atoms with van der Waals surface area (Å²) in [6.07, 6.45) is -1.18. The van der Waals surface area contributed by atoms with E-state index in [2.05, 4.69) is 4.74 Å². The number of ether oxygens (including phenoxy) is 4. The van der Waals surface area contributed by atoms with Crippen molar-refractivity contribution >= 4 is 6.16 Å². The van der Waals surface area contributed by atoms with E-state index in [9.17, 15) is 19.8 Å². The molecule has 0 amide bonds. The lowest BCUT2D eigenvalue weighted by Crippen LogP contribution is -2.23. The Kier molecular flexibility index (Phi) is 5.38. The van der Waals surface area contributed by atoms with Crippen LogP contribution in [0, 0.1) is 0 Å². The van der Waals surface area contributed by atoms with Gasteiger partial charge in [0, 0.05) is 0 Å². The number of rotatable bonds is 5. The van der Waals surface area contributed by atoms with Gasteiger partial charge < -0.3 is 29.2 Å². The zero-order valence-electron chi connectivity index (χ0n) is 13.8. The average Bonchev–Trinajstić information content (AvgIpc) is 2.63. The van der Waals surface area contributed by atoms with Crippen molar-refractivity contribution in [2.45, 2.75) is 6.54 Å². The molecule has 1 heterocycles. The third-order valence-electron chi connectivity index (χ3n) is 3.38. The number of aromatic nitrogens is 1. The first-order valence-electron chi connectivity index (χ1n) is 7.04. The topological polar surface area (TPSA) is 116 Å². The molecule has 0 radical (unpaired) electrons. The van der Waals surface area contributed by atoms with Gasteiger partial charge in [0.2, 0.25) is 23.1 Å². The molecule has 0 atom stereocenters.